The molecule has 8 heteroatoms. The Kier molecular flexibility index (Phi) is 14.9. The van der Waals surface area contributed by atoms with Crippen molar-refractivity contribution in [2.75, 3.05) is 13.2 Å². The second kappa shape index (κ2) is 18.7. The lowest BCUT2D eigenvalue weighted by atomic mass is 9.90. The molecule has 0 aliphatic carbocycles. The second-order valence-corrected chi connectivity index (χ2v) is 11.6. The van der Waals surface area contributed by atoms with Crippen LogP contribution in [0.4, 0.5) is 0 Å². The molecule has 0 radical (unpaired) electrons. The van der Waals surface area contributed by atoms with Gasteiger partial charge in [-0.05, 0) is 85.2 Å². The van der Waals surface area contributed by atoms with Crippen LogP contribution in [0.2, 0.25) is 0 Å². The fourth-order valence-corrected chi connectivity index (χ4v) is 5.26. The minimum Gasteiger partial charge on any atom is -0.487 e. The van der Waals surface area contributed by atoms with Crippen molar-refractivity contribution in [3.8, 4) is 0 Å². The van der Waals surface area contributed by atoms with E-state index in [1.807, 2.05) is 51.3 Å². The zero-order valence-electron chi connectivity index (χ0n) is 24.4. The Morgan fingerprint density at radius 1 is 0.600 bits per heavy atom. The first kappa shape index (κ1) is 31.9. The predicted octanol–water partition coefficient (Wildman–Crippen LogP) is 7.50. The Labute approximate surface area is 251 Å². The molecule has 0 aliphatic heterocycles. The highest BCUT2D eigenvalue weighted by atomic mass is 32.1. The van der Waals surface area contributed by atoms with Gasteiger partial charge in [-0.25, -0.2) is 9.97 Å². The Morgan fingerprint density at radius 3 is 1.38 bits per heavy atom. The smallest absolute Gasteiger partial charge is 0.156 e. The zero-order valence-corrected chi connectivity index (χ0v) is 26.0. The summed E-state index contributed by atoms with van der Waals surface area (Å²) in [7, 11) is 0. The summed E-state index contributed by atoms with van der Waals surface area (Å²) < 4.78 is 15.7. The highest BCUT2D eigenvalue weighted by molar-refractivity contribution is 7.80. The molecule has 0 saturated carbocycles. The molecule has 218 valence electrons. The van der Waals surface area contributed by atoms with E-state index in [4.69, 9.17) is 33.9 Å². The van der Waals surface area contributed by atoms with E-state index >= 15 is 0 Å². The third-order valence-electron chi connectivity index (χ3n) is 7.22. The van der Waals surface area contributed by atoms with Gasteiger partial charge in [-0.1, -0.05) is 37.8 Å². The summed E-state index contributed by atoms with van der Waals surface area (Å²) in [4.78, 5) is 8.28. The van der Waals surface area contributed by atoms with Crippen LogP contribution in [0.5, 0.6) is 0 Å². The maximum absolute atomic E-state index is 5.67. The van der Waals surface area contributed by atoms with Gasteiger partial charge >= 0.3 is 0 Å². The van der Waals surface area contributed by atoms with Gasteiger partial charge in [0.15, 0.2) is 10.1 Å². The van der Waals surface area contributed by atoms with E-state index in [2.05, 4.69) is 31.2 Å². The number of unbranched alkanes of at least 4 members (excludes halogenated alkanes) is 6. The van der Waals surface area contributed by atoms with E-state index in [0.717, 1.165) is 38.8 Å². The first-order valence-corrected chi connectivity index (χ1v) is 15.6. The maximum Gasteiger partial charge on any atom is 0.156 e. The molecular formula is C32H46N4O2S2. The van der Waals surface area contributed by atoms with Gasteiger partial charge in [0.2, 0.25) is 0 Å². The molecule has 40 heavy (non-hydrogen) atoms. The summed E-state index contributed by atoms with van der Waals surface area (Å²) in [6, 6.07) is 4.89. The molecule has 3 aromatic rings. The average molecular weight is 583 g/mol. The highest BCUT2D eigenvalue weighted by Gasteiger charge is 2.12. The second-order valence-electron chi connectivity index (χ2n) is 10.5. The lowest BCUT2D eigenvalue weighted by Crippen LogP contribution is -2.10. The minimum atomic E-state index is 0.599. The van der Waals surface area contributed by atoms with Crippen LogP contribution in [0.3, 0.4) is 0 Å². The third kappa shape index (κ3) is 12.7. The van der Waals surface area contributed by atoms with Crippen LogP contribution in [0.25, 0.3) is 0 Å². The Balaban J connectivity index is 1.60. The Morgan fingerprint density at radius 2 is 1.00 bits per heavy atom. The summed E-state index contributed by atoms with van der Waals surface area (Å²) >= 11 is 10.3. The number of aromatic nitrogens is 4. The molecule has 0 aliphatic rings. The van der Waals surface area contributed by atoms with Gasteiger partial charge in [0.05, 0.1) is 25.9 Å². The van der Waals surface area contributed by atoms with Gasteiger partial charge in [0.1, 0.15) is 0 Å². The van der Waals surface area contributed by atoms with Crippen molar-refractivity contribution in [2.24, 2.45) is 0 Å². The zero-order chi connectivity index (χ0) is 28.4. The number of thiocarbonyl (C=S) groups is 2. The number of hydrogen-bond acceptors (Lipinski definition) is 6. The molecule has 0 saturated heterocycles. The number of hydrogen-bond donors (Lipinski definition) is 0. The lowest BCUT2D eigenvalue weighted by Gasteiger charge is -2.18. The normalized spacial score (nSPS) is 11.1. The molecule has 2 heterocycles. The van der Waals surface area contributed by atoms with Crippen LogP contribution < -0.4 is 0 Å². The van der Waals surface area contributed by atoms with E-state index in [9.17, 15) is 0 Å². The van der Waals surface area contributed by atoms with E-state index < -0.39 is 0 Å². The van der Waals surface area contributed by atoms with Crippen molar-refractivity contribution in [2.45, 2.75) is 104 Å². The SMILES string of the molecule is CC(=S)OCCc1cc(CCCCCCn2ccnc2)c(CCCCCCn2ccnc2)cc1CCOC(C)=S. The predicted molar refractivity (Wildman–Crippen MR) is 171 cm³/mol. The molecular weight excluding hydrogens is 537 g/mol. The quantitative estimate of drug-likeness (QED) is 0.102. The summed E-state index contributed by atoms with van der Waals surface area (Å²) in [5.74, 6) is 0. The maximum atomic E-state index is 5.67. The first-order valence-electron chi connectivity index (χ1n) is 14.8. The van der Waals surface area contributed by atoms with Crippen molar-refractivity contribution in [1.29, 1.82) is 0 Å². The van der Waals surface area contributed by atoms with Gasteiger partial charge in [0, 0.05) is 64.6 Å². The number of benzene rings is 1. The summed E-state index contributed by atoms with van der Waals surface area (Å²) in [6.07, 6.45) is 25.3. The van der Waals surface area contributed by atoms with Gasteiger partial charge < -0.3 is 18.6 Å². The monoisotopic (exact) mass is 582 g/mol. The van der Waals surface area contributed by atoms with Crippen LogP contribution in [-0.4, -0.2) is 42.4 Å². The van der Waals surface area contributed by atoms with Crippen molar-refractivity contribution in [1.82, 2.24) is 19.1 Å². The van der Waals surface area contributed by atoms with E-state index in [1.165, 1.54) is 73.6 Å². The molecule has 0 unspecified atom stereocenters. The Bertz CT molecular complexity index is 1040. The molecule has 6 nitrogen and oxygen atoms in total. The van der Waals surface area contributed by atoms with Crippen LogP contribution in [0, 0.1) is 0 Å². The average Bonchev–Trinajstić information content (AvgIpc) is 3.64. The Hall–Kier alpha value is -2.58. The number of rotatable bonds is 20. The van der Waals surface area contributed by atoms with Crippen molar-refractivity contribution < 1.29 is 9.47 Å². The summed E-state index contributed by atoms with van der Waals surface area (Å²) in [6.45, 7) is 6.99. The van der Waals surface area contributed by atoms with Crippen LogP contribution in [-0.2, 0) is 48.2 Å². The van der Waals surface area contributed by atoms with Crippen molar-refractivity contribution in [3.63, 3.8) is 0 Å². The van der Waals surface area contributed by atoms with Crippen LogP contribution in [0.15, 0.2) is 49.6 Å². The summed E-state index contributed by atoms with van der Waals surface area (Å²) in [5.41, 5.74) is 5.69. The van der Waals surface area contributed by atoms with E-state index in [0.29, 0.717) is 23.3 Å². The molecule has 1 aromatic carbocycles. The fourth-order valence-electron chi connectivity index (χ4n) is 5.10. The van der Waals surface area contributed by atoms with Crippen LogP contribution >= 0.6 is 24.4 Å². The largest absolute Gasteiger partial charge is 0.487 e. The molecule has 2 aromatic heterocycles. The van der Waals surface area contributed by atoms with Gasteiger partial charge in [-0.2, -0.15) is 0 Å². The fraction of sp³-hybridized carbons (Fsp3) is 0.562. The molecule has 0 N–H and O–H groups in total. The third-order valence-corrected chi connectivity index (χ3v) is 7.45. The molecule has 3 rings (SSSR count). The number of nitrogens with zero attached hydrogens (tertiary/aromatic N) is 4. The number of imidazole rings is 2. The lowest BCUT2D eigenvalue weighted by molar-refractivity contribution is 0.308. The highest BCUT2D eigenvalue weighted by Crippen LogP contribution is 2.24. The number of ether oxygens (including phenoxy) is 2. The molecule has 0 amide bonds. The van der Waals surface area contributed by atoms with E-state index in [1.54, 1.807) is 0 Å². The standard InChI is InChI=1S/C32H46N4O2S2/c1-27(39)37-21-13-31-23-29(11-7-3-5-9-17-35-19-15-33-25-35)30(24-32(31)14-22-38-28(2)40)12-8-4-6-10-18-36-20-16-34-26-36/h15-16,19-20,23-26H,3-14,17-18,21-22H2,1-2H3. The van der Waals surface area contributed by atoms with Gasteiger partial charge in [-0.15, -0.1) is 0 Å². The van der Waals surface area contributed by atoms with Crippen molar-refractivity contribution in [3.05, 3.63) is 71.8 Å². The number of aryl methyl sites for hydroxylation is 4. The molecule has 0 fully saturated rings. The molecule has 0 bridgehead atoms. The topological polar surface area (TPSA) is 54.1 Å². The van der Waals surface area contributed by atoms with Gasteiger partial charge in [-0.3, -0.25) is 0 Å². The van der Waals surface area contributed by atoms with Crippen LogP contribution in [0.1, 0.15) is 87.5 Å². The molecule has 0 atom stereocenters. The first-order chi connectivity index (χ1) is 19.5. The summed E-state index contributed by atoms with van der Waals surface area (Å²) in [5, 5.41) is 1.20. The van der Waals surface area contributed by atoms with E-state index in [-0.39, 0.29) is 0 Å². The molecule has 0 spiro atoms. The van der Waals surface area contributed by atoms with Gasteiger partial charge in [0.25, 0.3) is 0 Å². The van der Waals surface area contributed by atoms with Crippen molar-refractivity contribution >= 4 is 34.5 Å². The minimum absolute atomic E-state index is 0.599.